The zero-order valence-electron chi connectivity index (χ0n) is 17.8. The highest BCUT2D eigenvalue weighted by atomic mass is 32.2. The van der Waals surface area contributed by atoms with Crippen molar-refractivity contribution >= 4 is 23.1 Å². The molecular weight excluding hydrogens is 418 g/mol. The molecule has 1 aliphatic heterocycles. The second kappa shape index (κ2) is 7.01. The number of hydrogen-bond acceptors (Lipinski definition) is 3. The van der Waals surface area contributed by atoms with Crippen LogP contribution >= 0.6 is 0 Å². The fourth-order valence-electron chi connectivity index (χ4n) is 4.24. The SMILES string of the molecule is C[Si](C)(C)c1cnc(-c2ccc3c(c2)-c2ccccc2S3(=O)=O)cc1-c1ccccc1. The van der Waals surface area contributed by atoms with E-state index >= 15 is 0 Å². The first-order valence-electron chi connectivity index (χ1n) is 10.3. The van der Waals surface area contributed by atoms with Gasteiger partial charge in [0.25, 0.3) is 0 Å². The first kappa shape index (κ1) is 19.9. The van der Waals surface area contributed by atoms with E-state index in [-0.39, 0.29) is 0 Å². The Morgan fingerprint density at radius 3 is 2.10 bits per heavy atom. The Hall–Kier alpha value is -3.02. The highest BCUT2D eigenvalue weighted by Gasteiger charge is 2.32. The number of pyridine rings is 1. The van der Waals surface area contributed by atoms with Gasteiger partial charge in [0.1, 0.15) is 0 Å². The predicted octanol–water partition coefficient (Wildman–Crippen LogP) is 5.77. The number of rotatable bonds is 3. The van der Waals surface area contributed by atoms with Crippen LogP contribution in [0.15, 0.2) is 94.9 Å². The Kier molecular flexibility index (Phi) is 4.50. The third kappa shape index (κ3) is 3.25. The van der Waals surface area contributed by atoms with Gasteiger partial charge in [-0.15, -0.1) is 0 Å². The third-order valence-electron chi connectivity index (χ3n) is 5.83. The summed E-state index contributed by atoms with van der Waals surface area (Å²) in [5.74, 6) is 0. The summed E-state index contributed by atoms with van der Waals surface area (Å²) < 4.78 is 25.8. The van der Waals surface area contributed by atoms with Gasteiger partial charge >= 0.3 is 0 Å². The zero-order valence-corrected chi connectivity index (χ0v) is 19.6. The summed E-state index contributed by atoms with van der Waals surface area (Å²) in [5.41, 5.74) is 5.68. The van der Waals surface area contributed by atoms with Gasteiger partial charge in [0.2, 0.25) is 9.84 Å². The summed E-state index contributed by atoms with van der Waals surface area (Å²) in [5, 5.41) is 1.32. The molecule has 1 aromatic heterocycles. The van der Waals surface area contributed by atoms with Crippen LogP contribution in [-0.4, -0.2) is 21.5 Å². The standard InChI is InChI=1S/C26H23NO2SSi/c1-31(2,3)26-17-27-23(16-21(26)18-9-5-4-6-10-18)19-13-14-25-22(15-19)20-11-7-8-12-24(20)30(25,28)29/h4-17H,1-3H3. The predicted molar refractivity (Wildman–Crippen MR) is 129 cm³/mol. The van der Waals surface area contributed by atoms with Gasteiger partial charge in [0.15, 0.2) is 0 Å². The van der Waals surface area contributed by atoms with Crippen molar-refractivity contribution in [2.24, 2.45) is 0 Å². The minimum atomic E-state index is -3.46. The number of aromatic nitrogens is 1. The summed E-state index contributed by atoms with van der Waals surface area (Å²) >= 11 is 0. The Morgan fingerprint density at radius 2 is 1.35 bits per heavy atom. The second-order valence-corrected chi connectivity index (χ2v) is 15.9. The van der Waals surface area contributed by atoms with Gasteiger partial charge in [-0.05, 0) is 40.6 Å². The second-order valence-electron chi connectivity index (χ2n) is 8.94. The summed E-state index contributed by atoms with van der Waals surface area (Å²) in [6.07, 6.45) is 2.02. The van der Waals surface area contributed by atoms with Crippen molar-refractivity contribution in [3.63, 3.8) is 0 Å². The average molecular weight is 442 g/mol. The van der Waals surface area contributed by atoms with Gasteiger partial charge in [-0.1, -0.05) is 74.2 Å². The normalized spacial score (nSPS) is 14.2. The van der Waals surface area contributed by atoms with Gasteiger partial charge in [-0.25, -0.2) is 8.42 Å². The summed E-state index contributed by atoms with van der Waals surface area (Å²) in [7, 11) is -5.07. The van der Waals surface area contributed by atoms with Crippen molar-refractivity contribution < 1.29 is 8.42 Å². The molecule has 31 heavy (non-hydrogen) atoms. The smallest absolute Gasteiger partial charge is 0.207 e. The molecule has 3 nitrogen and oxygen atoms in total. The van der Waals surface area contributed by atoms with Crippen LogP contribution < -0.4 is 5.19 Å². The van der Waals surface area contributed by atoms with Crippen LogP contribution in [0.2, 0.25) is 19.6 Å². The monoisotopic (exact) mass is 441 g/mol. The molecule has 3 aromatic carbocycles. The van der Waals surface area contributed by atoms with Crippen LogP contribution in [0.3, 0.4) is 0 Å². The van der Waals surface area contributed by atoms with Crippen molar-refractivity contribution in [2.45, 2.75) is 29.4 Å². The maximum atomic E-state index is 12.9. The van der Waals surface area contributed by atoms with Crippen LogP contribution in [0.1, 0.15) is 0 Å². The largest absolute Gasteiger partial charge is 0.256 e. The third-order valence-corrected chi connectivity index (χ3v) is 9.71. The van der Waals surface area contributed by atoms with Crippen LogP contribution in [0.5, 0.6) is 0 Å². The number of hydrogen-bond donors (Lipinski definition) is 0. The van der Waals surface area contributed by atoms with E-state index in [9.17, 15) is 8.42 Å². The van der Waals surface area contributed by atoms with Crippen molar-refractivity contribution in [3.05, 3.63) is 85.1 Å². The molecule has 0 spiro atoms. The van der Waals surface area contributed by atoms with E-state index < -0.39 is 17.9 Å². The molecule has 0 saturated carbocycles. The maximum Gasteiger partial charge on any atom is 0.207 e. The molecule has 0 unspecified atom stereocenters. The molecule has 0 aliphatic carbocycles. The average Bonchev–Trinajstić information content (AvgIpc) is 3.00. The molecule has 0 radical (unpaired) electrons. The number of sulfone groups is 1. The topological polar surface area (TPSA) is 47.0 Å². The Labute approximate surface area is 184 Å². The molecule has 0 bridgehead atoms. The van der Waals surface area contributed by atoms with E-state index in [1.165, 1.54) is 16.3 Å². The van der Waals surface area contributed by atoms with Crippen LogP contribution in [0.25, 0.3) is 33.5 Å². The molecule has 0 N–H and O–H groups in total. The highest BCUT2D eigenvalue weighted by molar-refractivity contribution is 7.92. The van der Waals surface area contributed by atoms with E-state index in [1.54, 1.807) is 18.2 Å². The molecule has 5 heteroatoms. The number of nitrogens with zero attached hydrogens (tertiary/aromatic N) is 1. The van der Waals surface area contributed by atoms with Gasteiger partial charge in [0, 0.05) is 22.9 Å². The molecule has 5 rings (SSSR count). The Bertz CT molecular complexity index is 1420. The highest BCUT2D eigenvalue weighted by Crippen LogP contribution is 2.44. The molecule has 0 atom stereocenters. The lowest BCUT2D eigenvalue weighted by atomic mass is 9.99. The summed E-state index contributed by atoms with van der Waals surface area (Å²) in [6, 6.07) is 25.3. The molecule has 2 heterocycles. The van der Waals surface area contributed by atoms with Crippen LogP contribution in [-0.2, 0) is 9.84 Å². The molecule has 154 valence electrons. The molecule has 0 fully saturated rings. The van der Waals surface area contributed by atoms with E-state index in [4.69, 9.17) is 4.98 Å². The van der Waals surface area contributed by atoms with Crippen molar-refractivity contribution in [3.8, 4) is 33.5 Å². The lowest BCUT2D eigenvalue weighted by Gasteiger charge is -2.21. The lowest BCUT2D eigenvalue weighted by Crippen LogP contribution is -2.39. The van der Waals surface area contributed by atoms with E-state index in [2.05, 4.69) is 50.0 Å². The molecule has 4 aromatic rings. The summed E-state index contributed by atoms with van der Waals surface area (Å²) in [6.45, 7) is 6.98. The van der Waals surface area contributed by atoms with Crippen molar-refractivity contribution in [1.29, 1.82) is 0 Å². The van der Waals surface area contributed by atoms with Crippen molar-refractivity contribution in [1.82, 2.24) is 4.98 Å². The minimum absolute atomic E-state index is 0.374. The van der Waals surface area contributed by atoms with Crippen LogP contribution in [0, 0.1) is 0 Å². The summed E-state index contributed by atoms with van der Waals surface area (Å²) in [4.78, 5) is 5.56. The zero-order chi connectivity index (χ0) is 21.8. The molecule has 1 aliphatic rings. The van der Waals surface area contributed by atoms with E-state index in [1.807, 2.05) is 36.5 Å². The fourth-order valence-corrected chi connectivity index (χ4v) is 7.39. The van der Waals surface area contributed by atoms with Gasteiger partial charge < -0.3 is 0 Å². The Balaban J connectivity index is 1.70. The molecular formula is C26H23NO2SSi. The minimum Gasteiger partial charge on any atom is -0.256 e. The van der Waals surface area contributed by atoms with Crippen molar-refractivity contribution in [2.75, 3.05) is 0 Å². The van der Waals surface area contributed by atoms with Crippen LogP contribution in [0.4, 0.5) is 0 Å². The van der Waals surface area contributed by atoms with Gasteiger partial charge in [-0.2, -0.15) is 0 Å². The fraction of sp³-hybridized carbons (Fsp3) is 0.115. The first-order chi connectivity index (χ1) is 14.8. The maximum absolute atomic E-state index is 12.9. The quantitative estimate of drug-likeness (QED) is 0.334. The van der Waals surface area contributed by atoms with Gasteiger partial charge in [-0.3, -0.25) is 4.98 Å². The van der Waals surface area contributed by atoms with Gasteiger partial charge in [0.05, 0.1) is 23.6 Å². The lowest BCUT2D eigenvalue weighted by molar-refractivity contribution is 0.598. The molecule has 0 amide bonds. The first-order valence-corrected chi connectivity index (χ1v) is 15.3. The van der Waals surface area contributed by atoms with E-state index in [0.717, 1.165) is 22.4 Å². The molecule has 0 saturated heterocycles. The Morgan fingerprint density at radius 1 is 0.677 bits per heavy atom. The number of fused-ring (bicyclic) bond motifs is 3. The van der Waals surface area contributed by atoms with E-state index in [0.29, 0.717) is 9.79 Å². The number of benzene rings is 3.